The number of aryl methyl sites for hydroxylation is 2. The predicted molar refractivity (Wildman–Crippen MR) is 67.6 cm³/mol. The molecule has 0 fully saturated rings. The van der Waals surface area contributed by atoms with E-state index in [9.17, 15) is 4.79 Å². The number of pyridine rings is 1. The van der Waals surface area contributed by atoms with Crippen LogP contribution >= 0.6 is 11.6 Å². The maximum atomic E-state index is 11.5. The number of hydrogen-bond acceptors (Lipinski definition) is 3. The molecule has 0 aliphatic rings. The number of aromatic nitrogens is 1. The number of nitrogens with zero attached hydrogens (tertiary/aromatic N) is 1. The third-order valence-corrected chi connectivity index (χ3v) is 3.02. The lowest BCUT2D eigenvalue weighted by Crippen LogP contribution is -2.05. The van der Waals surface area contributed by atoms with Gasteiger partial charge in [0.25, 0.3) is 0 Å². The minimum atomic E-state index is -0.477. The van der Waals surface area contributed by atoms with Gasteiger partial charge in [0.1, 0.15) is 0 Å². The van der Waals surface area contributed by atoms with Crippen molar-refractivity contribution >= 4 is 28.5 Å². The summed E-state index contributed by atoms with van der Waals surface area (Å²) in [5.41, 5.74) is 3.01. The monoisotopic (exact) mass is 249 g/mol. The zero-order valence-electron chi connectivity index (χ0n) is 9.87. The van der Waals surface area contributed by atoms with Gasteiger partial charge < -0.3 is 4.74 Å². The van der Waals surface area contributed by atoms with E-state index in [-0.39, 0.29) is 5.69 Å². The third-order valence-electron chi connectivity index (χ3n) is 2.72. The van der Waals surface area contributed by atoms with E-state index in [2.05, 4.69) is 9.72 Å². The van der Waals surface area contributed by atoms with Gasteiger partial charge in [-0.2, -0.15) is 0 Å². The number of hydrogen-bond donors (Lipinski definition) is 0. The predicted octanol–water partition coefficient (Wildman–Crippen LogP) is 3.29. The van der Waals surface area contributed by atoms with E-state index < -0.39 is 5.97 Å². The molecule has 0 amide bonds. The average molecular weight is 250 g/mol. The Morgan fingerprint density at radius 2 is 1.94 bits per heavy atom. The molecule has 0 unspecified atom stereocenters. The van der Waals surface area contributed by atoms with Gasteiger partial charge in [-0.25, -0.2) is 9.78 Å². The topological polar surface area (TPSA) is 39.2 Å². The SMILES string of the molecule is COC(=O)c1cc(Cl)c2c(C)ccc(C)c2n1. The summed E-state index contributed by atoms with van der Waals surface area (Å²) in [5.74, 6) is -0.477. The van der Waals surface area contributed by atoms with Crippen LogP contribution in [0, 0.1) is 13.8 Å². The molecule has 3 nitrogen and oxygen atoms in total. The molecular formula is C13H12ClNO2. The molecule has 0 spiro atoms. The van der Waals surface area contributed by atoms with E-state index in [1.165, 1.54) is 7.11 Å². The van der Waals surface area contributed by atoms with Crippen LogP contribution in [0.3, 0.4) is 0 Å². The summed E-state index contributed by atoms with van der Waals surface area (Å²) in [7, 11) is 1.32. The van der Waals surface area contributed by atoms with Crippen molar-refractivity contribution in [2.24, 2.45) is 0 Å². The lowest BCUT2D eigenvalue weighted by Gasteiger charge is -2.08. The fourth-order valence-electron chi connectivity index (χ4n) is 1.80. The first-order chi connectivity index (χ1) is 8.04. The van der Waals surface area contributed by atoms with Gasteiger partial charge in [-0.15, -0.1) is 0 Å². The first-order valence-corrected chi connectivity index (χ1v) is 5.57. The van der Waals surface area contributed by atoms with Crippen LogP contribution in [0.2, 0.25) is 5.02 Å². The molecule has 0 N–H and O–H groups in total. The first kappa shape index (κ1) is 11.9. The summed E-state index contributed by atoms with van der Waals surface area (Å²) in [6.45, 7) is 3.90. The average Bonchev–Trinajstić information content (AvgIpc) is 2.32. The van der Waals surface area contributed by atoms with E-state index in [0.717, 1.165) is 22.0 Å². The molecule has 0 radical (unpaired) electrons. The smallest absolute Gasteiger partial charge is 0.356 e. The molecule has 0 bridgehead atoms. The summed E-state index contributed by atoms with van der Waals surface area (Å²) < 4.78 is 4.65. The van der Waals surface area contributed by atoms with Gasteiger partial charge in [0.2, 0.25) is 0 Å². The standard InChI is InChI=1S/C13H12ClNO2/c1-7-4-5-8(2)12-11(7)9(14)6-10(15-12)13(16)17-3/h4-6H,1-3H3. The number of carbonyl (C=O) groups excluding carboxylic acids is 1. The number of halogens is 1. The Kier molecular flexibility index (Phi) is 3.03. The number of ether oxygens (including phenoxy) is 1. The maximum absolute atomic E-state index is 11.5. The van der Waals surface area contributed by atoms with E-state index >= 15 is 0 Å². The Balaban J connectivity index is 2.82. The van der Waals surface area contributed by atoms with Crippen LogP contribution in [0.25, 0.3) is 10.9 Å². The van der Waals surface area contributed by atoms with Gasteiger partial charge in [-0.3, -0.25) is 0 Å². The van der Waals surface area contributed by atoms with Crippen molar-refractivity contribution in [1.29, 1.82) is 0 Å². The molecule has 1 heterocycles. The normalized spacial score (nSPS) is 10.6. The van der Waals surface area contributed by atoms with Crippen molar-refractivity contribution in [1.82, 2.24) is 4.98 Å². The highest BCUT2D eigenvalue weighted by Crippen LogP contribution is 2.28. The molecule has 2 aromatic rings. The second-order valence-electron chi connectivity index (χ2n) is 3.90. The van der Waals surface area contributed by atoms with Crippen molar-refractivity contribution in [2.45, 2.75) is 13.8 Å². The molecule has 2 rings (SSSR count). The van der Waals surface area contributed by atoms with E-state index in [1.54, 1.807) is 6.07 Å². The summed E-state index contributed by atoms with van der Waals surface area (Å²) >= 11 is 6.19. The maximum Gasteiger partial charge on any atom is 0.356 e. The zero-order chi connectivity index (χ0) is 12.6. The Bertz CT molecular complexity index is 608. The van der Waals surface area contributed by atoms with Crippen molar-refractivity contribution < 1.29 is 9.53 Å². The molecule has 17 heavy (non-hydrogen) atoms. The Labute approximate surface area is 104 Å². The lowest BCUT2D eigenvalue weighted by molar-refractivity contribution is 0.0594. The molecule has 0 saturated carbocycles. The summed E-state index contributed by atoms with van der Waals surface area (Å²) in [4.78, 5) is 15.8. The summed E-state index contributed by atoms with van der Waals surface area (Å²) in [6, 6.07) is 5.49. The van der Waals surface area contributed by atoms with Gasteiger partial charge in [-0.1, -0.05) is 23.7 Å². The Morgan fingerprint density at radius 1 is 1.29 bits per heavy atom. The van der Waals surface area contributed by atoms with E-state index in [0.29, 0.717) is 5.02 Å². The van der Waals surface area contributed by atoms with Gasteiger partial charge in [-0.05, 0) is 31.0 Å². The van der Waals surface area contributed by atoms with Gasteiger partial charge in [0.05, 0.1) is 17.6 Å². The van der Waals surface area contributed by atoms with E-state index in [4.69, 9.17) is 11.6 Å². The molecule has 4 heteroatoms. The van der Waals surface area contributed by atoms with Crippen LogP contribution in [-0.2, 0) is 4.74 Å². The number of benzene rings is 1. The van der Waals surface area contributed by atoms with Crippen LogP contribution < -0.4 is 0 Å². The number of fused-ring (bicyclic) bond motifs is 1. The van der Waals surface area contributed by atoms with Crippen molar-refractivity contribution in [3.8, 4) is 0 Å². The molecule has 0 aliphatic heterocycles. The molecule has 0 aliphatic carbocycles. The highest BCUT2D eigenvalue weighted by atomic mass is 35.5. The molecule has 0 saturated heterocycles. The van der Waals surface area contributed by atoms with Crippen molar-refractivity contribution in [2.75, 3.05) is 7.11 Å². The lowest BCUT2D eigenvalue weighted by atomic mass is 10.1. The fourth-order valence-corrected chi connectivity index (χ4v) is 2.14. The zero-order valence-corrected chi connectivity index (χ0v) is 10.6. The number of rotatable bonds is 1. The fraction of sp³-hybridized carbons (Fsp3) is 0.231. The minimum absolute atomic E-state index is 0.235. The first-order valence-electron chi connectivity index (χ1n) is 5.19. The second-order valence-corrected chi connectivity index (χ2v) is 4.31. The van der Waals surface area contributed by atoms with E-state index in [1.807, 2.05) is 26.0 Å². The molecule has 88 valence electrons. The molecular weight excluding hydrogens is 238 g/mol. The Hall–Kier alpha value is -1.61. The third kappa shape index (κ3) is 1.98. The second kappa shape index (κ2) is 4.34. The number of carbonyl (C=O) groups is 1. The van der Waals surface area contributed by atoms with Crippen LogP contribution in [0.15, 0.2) is 18.2 Å². The number of methoxy groups -OCH3 is 1. The molecule has 1 aromatic heterocycles. The number of esters is 1. The van der Waals surface area contributed by atoms with Crippen molar-refractivity contribution in [3.05, 3.63) is 40.0 Å². The van der Waals surface area contributed by atoms with Crippen LogP contribution in [-0.4, -0.2) is 18.1 Å². The summed E-state index contributed by atoms with van der Waals surface area (Å²) in [5, 5.41) is 1.41. The largest absolute Gasteiger partial charge is 0.464 e. The van der Waals surface area contributed by atoms with Crippen LogP contribution in [0.4, 0.5) is 0 Å². The van der Waals surface area contributed by atoms with Crippen molar-refractivity contribution in [3.63, 3.8) is 0 Å². The molecule has 1 aromatic carbocycles. The van der Waals surface area contributed by atoms with Gasteiger partial charge in [0.15, 0.2) is 5.69 Å². The Morgan fingerprint density at radius 3 is 2.59 bits per heavy atom. The highest BCUT2D eigenvalue weighted by molar-refractivity contribution is 6.36. The summed E-state index contributed by atoms with van der Waals surface area (Å²) in [6.07, 6.45) is 0. The van der Waals surface area contributed by atoms with Gasteiger partial charge in [0, 0.05) is 5.39 Å². The van der Waals surface area contributed by atoms with Crippen LogP contribution in [0.1, 0.15) is 21.6 Å². The quantitative estimate of drug-likeness (QED) is 0.728. The highest BCUT2D eigenvalue weighted by Gasteiger charge is 2.13. The van der Waals surface area contributed by atoms with Gasteiger partial charge >= 0.3 is 5.97 Å². The minimum Gasteiger partial charge on any atom is -0.464 e. The molecule has 0 atom stereocenters. The van der Waals surface area contributed by atoms with Crippen LogP contribution in [0.5, 0.6) is 0 Å².